The summed E-state index contributed by atoms with van der Waals surface area (Å²) in [6, 6.07) is 2.00. The molecule has 3 aliphatic carbocycles. The highest BCUT2D eigenvalue weighted by atomic mass is 16.3. The second-order valence-electron chi connectivity index (χ2n) is 6.78. The predicted molar refractivity (Wildman–Crippen MR) is 69.1 cm³/mol. The van der Waals surface area contributed by atoms with E-state index in [1.54, 1.807) is 6.26 Å². The fraction of sp³-hybridized carbons (Fsp3) is 0.750. The summed E-state index contributed by atoms with van der Waals surface area (Å²) in [5.41, 5.74) is 0.506. The Balaban J connectivity index is 1.58. The molecule has 0 radical (unpaired) electrons. The molecule has 0 aliphatic heterocycles. The number of aryl methyl sites for hydroxylation is 1. The van der Waals surface area contributed by atoms with Gasteiger partial charge in [0.25, 0.3) is 0 Å². The van der Waals surface area contributed by atoms with Crippen molar-refractivity contribution >= 4 is 0 Å². The molecule has 1 N–H and O–H groups in total. The minimum absolute atomic E-state index is 0.588. The molecule has 0 saturated heterocycles. The number of hydrogen-bond donors (Lipinski definition) is 1. The van der Waals surface area contributed by atoms with Crippen molar-refractivity contribution in [1.82, 2.24) is 0 Å². The average molecular weight is 246 g/mol. The number of rotatable bonds is 2. The number of fused-ring (bicyclic) bond motifs is 3. The highest BCUT2D eigenvalue weighted by molar-refractivity contribution is 5.27. The second kappa shape index (κ2) is 3.86. The predicted octanol–water partition coefficient (Wildman–Crippen LogP) is 3.63. The van der Waals surface area contributed by atoms with Crippen LogP contribution in [0.25, 0.3) is 0 Å². The van der Waals surface area contributed by atoms with E-state index < -0.39 is 5.60 Å². The first-order valence-electron chi connectivity index (χ1n) is 7.54. The summed E-state index contributed by atoms with van der Waals surface area (Å²) in [5.74, 6) is 3.66. The van der Waals surface area contributed by atoms with Gasteiger partial charge < -0.3 is 9.52 Å². The molecular weight excluding hydrogens is 224 g/mol. The highest BCUT2D eigenvalue weighted by Gasteiger charge is 2.45. The molecule has 1 aromatic heterocycles. The molecule has 3 aliphatic rings. The molecule has 2 nitrogen and oxygen atoms in total. The largest absolute Gasteiger partial charge is 0.469 e. The zero-order chi connectivity index (χ0) is 12.2. The average Bonchev–Trinajstić information content (AvgIpc) is 3.03. The Labute approximate surface area is 108 Å². The molecule has 0 spiro atoms. The van der Waals surface area contributed by atoms with Gasteiger partial charge in [0.15, 0.2) is 0 Å². The van der Waals surface area contributed by atoms with Gasteiger partial charge in [-0.25, -0.2) is 0 Å². The van der Waals surface area contributed by atoms with E-state index in [4.69, 9.17) is 4.42 Å². The van der Waals surface area contributed by atoms with Crippen LogP contribution in [-0.2, 0) is 12.0 Å². The van der Waals surface area contributed by atoms with E-state index in [-0.39, 0.29) is 0 Å². The van der Waals surface area contributed by atoms with Crippen LogP contribution < -0.4 is 0 Å². The van der Waals surface area contributed by atoms with Gasteiger partial charge in [0.05, 0.1) is 11.9 Å². The van der Waals surface area contributed by atoms with E-state index in [2.05, 4.69) is 0 Å². The van der Waals surface area contributed by atoms with Gasteiger partial charge in [-0.2, -0.15) is 0 Å². The molecule has 4 rings (SSSR count). The maximum Gasteiger partial charge on any atom is 0.109 e. The third-order valence-corrected chi connectivity index (χ3v) is 5.73. The molecule has 1 heterocycles. The number of aliphatic hydroxyl groups is 1. The van der Waals surface area contributed by atoms with Crippen LogP contribution >= 0.6 is 0 Å². The van der Waals surface area contributed by atoms with E-state index in [0.717, 1.165) is 54.8 Å². The Morgan fingerprint density at radius 2 is 2.28 bits per heavy atom. The summed E-state index contributed by atoms with van der Waals surface area (Å²) in [5, 5.41) is 11.0. The van der Waals surface area contributed by atoms with Gasteiger partial charge in [0.2, 0.25) is 0 Å². The summed E-state index contributed by atoms with van der Waals surface area (Å²) >= 11 is 0. The summed E-state index contributed by atoms with van der Waals surface area (Å²) in [6.45, 7) is 0. The third-order valence-electron chi connectivity index (χ3n) is 5.73. The summed E-state index contributed by atoms with van der Waals surface area (Å²) in [4.78, 5) is 0. The van der Waals surface area contributed by atoms with E-state index in [0.29, 0.717) is 0 Å². The van der Waals surface area contributed by atoms with Crippen LogP contribution in [-0.4, -0.2) is 5.11 Å². The van der Waals surface area contributed by atoms with Crippen molar-refractivity contribution in [2.75, 3.05) is 0 Å². The number of furan rings is 1. The van der Waals surface area contributed by atoms with Gasteiger partial charge >= 0.3 is 0 Å². The Bertz CT molecular complexity index is 450. The first-order valence-corrected chi connectivity index (χ1v) is 7.54. The fourth-order valence-electron chi connectivity index (χ4n) is 4.90. The summed E-state index contributed by atoms with van der Waals surface area (Å²) in [7, 11) is 0. The van der Waals surface area contributed by atoms with Crippen molar-refractivity contribution in [3.8, 4) is 0 Å². The van der Waals surface area contributed by atoms with Crippen LogP contribution in [0.5, 0.6) is 0 Å². The molecule has 2 bridgehead atoms. The molecule has 1 aromatic rings. The second-order valence-corrected chi connectivity index (χ2v) is 6.78. The molecule has 0 amide bonds. The lowest BCUT2D eigenvalue weighted by Gasteiger charge is -2.36. The minimum Gasteiger partial charge on any atom is -0.469 e. The molecule has 2 heteroatoms. The monoisotopic (exact) mass is 246 g/mol. The van der Waals surface area contributed by atoms with Gasteiger partial charge in [-0.1, -0.05) is 6.42 Å². The van der Waals surface area contributed by atoms with Crippen LogP contribution in [0.4, 0.5) is 0 Å². The van der Waals surface area contributed by atoms with Gasteiger partial charge in [0.1, 0.15) is 5.76 Å². The van der Waals surface area contributed by atoms with Gasteiger partial charge in [-0.05, 0) is 62.3 Å². The lowest BCUT2D eigenvalue weighted by molar-refractivity contribution is -0.0147. The summed E-state index contributed by atoms with van der Waals surface area (Å²) in [6.07, 6.45) is 11.4. The van der Waals surface area contributed by atoms with Gasteiger partial charge in [-0.3, -0.25) is 0 Å². The first kappa shape index (κ1) is 11.1. The zero-order valence-corrected chi connectivity index (χ0v) is 10.9. The van der Waals surface area contributed by atoms with Crippen LogP contribution in [0.1, 0.15) is 56.3 Å². The quantitative estimate of drug-likeness (QED) is 0.864. The Kier molecular flexibility index (Phi) is 2.38. The van der Waals surface area contributed by atoms with Crippen molar-refractivity contribution in [2.24, 2.45) is 17.8 Å². The Hall–Kier alpha value is -0.760. The molecule has 2 fully saturated rings. The minimum atomic E-state index is -0.588. The van der Waals surface area contributed by atoms with E-state index in [1.165, 1.54) is 25.7 Å². The molecule has 0 aromatic carbocycles. The first-order chi connectivity index (χ1) is 8.74. The highest BCUT2D eigenvalue weighted by Crippen LogP contribution is 2.53. The molecule has 4 atom stereocenters. The zero-order valence-electron chi connectivity index (χ0n) is 10.9. The molecular formula is C16H22O2. The maximum atomic E-state index is 11.0. The van der Waals surface area contributed by atoms with Gasteiger partial charge in [0, 0.05) is 12.0 Å². The van der Waals surface area contributed by atoms with Crippen LogP contribution in [0.15, 0.2) is 16.7 Å². The Morgan fingerprint density at radius 1 is 1.33 bits per heavy atom. The van der Waals surface area contributed by atoms with Crippen LogP contribution in [0, 0.1) is 17.8 Å². The third kappa shape index (κ3) is 1.58. The standard InChI is InChI=1S/C16H22O2/c17-16(6-1-2-15-14(16)5-7-18-15)10-13-9-11-3-4-12(13)8-11/h5,7,11-13,17H,1-4,6,8-10H2. The fourth-order valence-corrected chi connectivity index (χ4v) is 4.90. The van der Waals surface area contributed by atoms with E-state index in [1.807, 2.05) is 6.07 Å². The SMILES string of the molecule is OC1(CC2CC3CCC2C3)CCCc2occc21. The summed E-state index contributed by atoms with van der Waals surface area (Å²) < 4.78 is 5.52. The molecule has 98 valence electrons. The van der Waals surface area contributed by atoms with Crippen LogP contribution in [0.3, 0.4) is 0 Å². The Morgan fingerprint density at radius 3 is 3.06 bits per heavy atom. The van der Waals surface area contributed by atoms with E-state index >= 15 is 0 Å². The van der Waals surface area contributed by atoms with Crippen molar-refractivity contribution in [2.45, 2.75) is 57.0 Å². The van der Waals surface area contributed by atoms with Crippen molar-refractivity contribution in [1.29, 1.82) is 0 Å². The smallest absolute Gasteiger partial charge is 0.109 e. The van der Waals surface area contributed by atoms with Gasteiger partial charge in [-0.15, -0.1) is 0 Å². The topological polar surface area (TPSA) is 33.4 Å². The molecule has 4 unspecified atom stereocenters. The van der Waals surface area contributed by atoms with Crippen molar-refractivity contribution in [3.63, 3.8) is 0 Å². The molecule has 2 saturated carbocycles. The van der Waals surface area contributed by atoms with Crippen molar-refractivity contribution in [3.05, 3.63) is 23.7 Å². The molecule has 18 heavy (non-hydrogen) atoms. The lowest BCUT2D eigenvalue weighted by Crippen LogP contribution is -2.33. The normalized spacial score (nSPS) is 42.2. The maximum absolute atomic E-state index is 11.0. The van der Waals surface area contributed by atoms with E-state index in [9.17, 15) is 5.11 Å². The van der Waals surface area contributed by atoms with Crippen molar-refractivity contribution < 1.29 is 9.52 Å². The number of hydrogen-bond acceptors (Lipinski definition) is 2. The lowest BCUT2D eigenvalue weighted by atomic mass is 9.73. The van der Waals surface area contributed by atoms with Crippen LogP contribution in [0.2, 0.25) is 0 Å².